The fraction of sp³-hybridized carbons (Fsp3) is 0.300. The molecule has 25 heavy (non-hydrogen) atoms. The molecule has 0 N–H and O–H groups in total. The number of anilines is 1. The Morgan fingerprint density at radius 1 is 0.960 bits per heavy atom. The van der Waals surface area contributed by atoms with Gasteiger partial charge in [0.05, 0.1) is 12.8 Å². The Balaban J connectivity index is 0.00000182. The fourth-order valence-corrected chi connectivity index (χ4v) is 3.32. The number of methoxy groups -OCH3 is 1. The van der Waals surface area contributed by atoms with Crippen molar-refractivity contribution in [2.75, 3.05) is 45.2 Å². The Labute approximate surface area is 154 Å². The van der Waals surface area contributed by atoms with Crippen LogP contribution in [0.15, 0.2) is 52.9 Å². The van der Waals surface area contributed by atoms with Crippen LogP contribution in [0.3, 0.4) is 0 Å². The second-order valence-electron chi connectivity index (χ2n) is 6.30. The van der Waals surface area contributed by atoms with Gasteiger partial charge in [0.15, 0.2) is 5.76 Å². The summed E-state index contributed by atoms with van der Waals surface area (Å²) in [5, 5.41) is 1.15. The topological polar surface area (TPSA) is 28.9 Å². The Kier molecular flexibility index (Phi) is 5.21. The maximum Gasteiger partial charge on any atom is 0.158 e. The fourth-order valence-electron chi connectivity index (χ4n) is 3.32. The van der Waals surface area contributed by atoms with E-state index in [1.807, 2.05) is 18.2 Å². The highest BCUT2D eigenvalue weighted by Gasteiger charge is 2.24. The van der Waals surface area contributed by atoms with Crippen LogP contribution >= 0.6 is 12.4 Å². The summed E-state index contributed by atoms with van der Waals surface area (Å²) in [4.78, 5) is 4.81. The van der Waals surface area contributed by atoms with Gasteiger partial charge < -0.3 is 19.0 Å². The molecule has 1 aliphatic rings. The molecule has 1 aromatic heterocycles. The van der Waals surface area contributed by atoms with Gasteiger partial charge in [-0.15, -0.1) is 12.4 Å². The van der Waals surface area contributed by atoms with Crippen LogP contribution in [0.5, 0.6) is 5.75 Å². The molecule has 4 rings (SSSR count). The molecule has 2 heterocycles. The van der Waals surface area contributed by atoms with E-state index in [1.54, 1.807) is 7.11 Å². The molecule has 0 atom stereocenters. The molecule has 1 fully saturated rings. The Morgan fingerprint density at radius 3 is 2.36 bits per heavy atom. The van der Waals surface area contributed by atoms with Gasteiger partial charge in [-0.3, -0.25) is 0 Å². The molecule has 132 valence electrons. The van der Waals surface area contributed by atoms with Gasteiger partial charge in [-0.05, 0) is 19.2 Å². The number of fused-ring (bicyclic) bond motifs is 1. The smallest absolute Gasteiger partial charge is 0.158 e. The SMILES string of the molecule is COc1ccc2c(N3CCN(C)CC3)c(-c3ccccc3)oc2c1.Cl. The van der Waals surface area contributed by atoms with Crippen molar-refractivity contribution in [3.05, 3.63) is 48.5 Å². The van der Waals surface area contributed by atoms with Crippen LogP contribution in [0.4, 0.5) is 5.69 Å². The summed E-state index contributed by atoms with van der Waals surface area (Å²) in [6, 6.07) is 16.4. The first-order valence-corrected chi connectivity index (χ1v) is 8.36. The first kappa shape index (κ1) is 17.6. The van der Waals surface area contributed by atoms with Crippen molar-refractivity contribution >= 4 is 29.1 Å². The number of piperazine rings is 1. The average Bonchev–Trinajstić information content (AvgIpc) is 3.01. The van der Waals surface area contributed by atoms with Crippen LogP contribution < -0.4 is 9.64 Å². The van der Waals surface area contributed by atoms with E-state index in [9.17, 15) is 0 Å². The third-order valence-corrected chi connectivity index (χ3v) is 4.73. The first-order chi connectivity index (χ1) is 11.8. The molecule has 1 saturated heterocycles. The zero-order chi connectivity index (χ0) is 16.5. The highest BCUT2D eigenvalue weighted by atomic mass is 35.5. The molecule has 3 aromatic rings. The van der Waals surface area contributed by atoms with Gasteiger partial charge in [0, 0.05) is 43.2 Å². The predicted molar refractivity (Wildman–Crippen MR) is 105 cm³/mol. The van der Waals surface area contributed by atoms with E-state index in [4.69, 9.17) is 9.15 Å². The summed E-state index contributed by atoms with van der Waals surface area (Å²) in [5.74, 6) is 1.77. The third-order valence-electron chi connectivity index (χ3n) is 4.73. The highest BCUT2D eigenvalue weighted by molar-refractivity contribution is 6.00. The third kappa shape index (κ3) is 3.32. The predicted octanol–water partition coefficient (Wildman–Crippen LogP) is 4.28. The van der Waals surface area contributed by atoms with Crippen molar-refractivity contribution < 1.29 is 9.15 Å². The van der Waals surface area contributed by atoms with Crippen LogP contribution in [-0.4, -0.2) is 45.2 Å². The lowest BCUT2D eigenvalue weighted by Crippen LogP contribution is -2.44. The van der Waals surface area contributed by atoms with Crippen LogP contribution in [0, 0.1) is 0 Å². The zero-order valence-corrected chi connectivity index (χ0v) is 15.4. The van der Waals surface area contributed by atoms with Crippen LogP contribution in [-0.2, 0) is 0 Å². The maximum atomic E-state index is 6.27. The van der Waals surface area contributed by atoms with Gasteiger partial charge in [-0.2, -0.15) is 0 Å². The number of hydrogen-bond acceptors (Lipinski definition) is 4. The van der Waals surface area contributed by atoms with Crippen molar-refractivity contribution in [3.63, 3.8) is 0 Å². The summed E-state index contributed by atoms with van der Waals surface area (Å²) in [6.45, 7) is 4.15. The van der Waals surface area contributed by atoms with E-state index in [0.717, 1.165) is 54.2 Å². The number of furan rings is 1. The monoisotopic (exact) mass is 358 g/mol. The van der Waals surface area contributed by atoms with Gasteiger partial charge in [0.25, 0.3) is 0 Å². The van der Waals surface area contributed by atoms with E-state index in [-0.39, 0.29) is 12.4 Å². The summed E-state index contributed by atoms with van der Waals surface area (Å²) in [5.41, 5.74) is 3.19. The van der Waals surface area contributed by atoms with Crippen LogP contribution in [0.25, 0.3) is 22.3 Å². The molecule has 0 spiro atoms. The normalized spacial score (nSPS) is 15.2. The first-order valence-electron chi connectivity index (χ1n) is 8.36. The number of hydrogen-bond donors (Lipinski definition) is 0. The van der Waals surface area contributed by atoms with E-state index < -0.39 is 0 Å². The lowest BCUT2D eigenvalue weighted by Gasteiger charge is -2.34. The van der Waals surface area contributed by atoms with Crippen molar-refractivity contribution in [2.24, 2.45) is 0 Å². The number of rotatable bonds is 3. The average molecular weight is 359 g/mol. The highest BCUT2D eigenvalue weighted by Crippen LogP contribution is 2.41. The van der Waals surface area contributed by atoms with E-state index >= 15 is 0 Å². The molecule has 2 aromatic carbocycles. The van der Waals surface area contributed by atoms with E-state index in [1.165, 1.54) is 5.69 Å². The van der Waals surface area contributed by atoms with Crippen molar-refractivity contribution in [1.29, 1.82) is 0 Å². The molecular formula is C20H23ClN2O2. The Morgan fingerprint density at radius 2 is 1.68 bits per heavy atom. The summed E-state index contributed by atoms with van der Waals surface area (Å²) in [7, 11) is 3.86. The minimum absolute atomic E-state index is 0. The summed E-state index contributed by atoms with van der Waals surface area (Å²) < 4.78 is 11.6. The molecule has 0 aliphatic carbocycles. The Hall–Kier alpha value is -2.17. The van der Waals surface area contributed by atoms with E-state index in [0.29, 0.717) is 0 Å². The summed E-state index contributed by atoms with van der Waals surface area (Å²) in [6.07, 6.45) is 0. The number of halogens is 1. The van der Waals surface area contributed by atoms with Crippen molar-refractivity contribution in [1.82, 2.24) is 4.90 Å². The number of likely N-dealkylation sites (N-methyl/N-ethyl adjacent to an activating group) is 1. The largest absolute Gasteiger partial charge is 0.497 e. The lowest BCUT2D eigenvalue weighted by atomic mass is 10.1. The maximum absolute atomic E-state index is 6.27. The minimum atomic E-state index is 0. The van der Waals surface area contributed by atoms with Gasteiger partial charge in [0.2, 0.25) is 0 Å². The molecule has 0 unspecified atom stereocenters. The molecule has 0 radical (unpaired) electrons. The molecule has 0 amide bonds. The second-order valence-corrected chi connectivity index (χ2v) is 6.30. The molecule has 4 nitrogen and oxygen atoms in total. The quantitative estimate of drug-likeness (QED) is 0.698. The molecule has 0 saturated carbocycles. The van der Waals surface area contributed by atoms with Crippen LogP contribution in [0.1, 0.15) is 0 Å². The van der Waals surface area contributed by atoms with Gasteiger partial charge in [-0.25, -0.2) is 0 Å². The van der Waals surface area contributed by atoms with Gasteiger partial charge >= 0.3 is 0 Å². The number of ether oxygens (including phenoxy) is 1. The minimum Gasteiger partial charge on any atom is -0.497 e. The van der Waals surface area contributed by atoms with Gasteiger partial charge in [-0.1, -0.05) is 30.3 Å². The molecule has 1 aliphatic heterocycles. The molecule has 5 heteroatoms. The molecule has 0 bridgehead atoms. The molecular weight excluding hydrogens is 336 g/mol. The zero-order valence-electron chi connectivity index (χ0n) is 14.6. The van der Waals surface area contributed by atoms with E-state index in [2.05, 4.69) is 47.2 Å². The van der Waals surface area contributed by atoms with Crippen LogP contribution in [0.2, 0.25) is 0 Å². The number of nitrogens with zero attached hydrogens (tertiary/aromatic N) is 2. The number of benzene rings is 2. The standard InChI is InChI=1S/C20H22N2O2.ClH/c1-21-10-12-22(13-11-21)19-17-9-8-16(23-2)14-18(17)24-20(19)15-6-4-3-5-7-15;/h3-9,14H,10-13H2,1-2H3;1H. The second kappa shape index (κ2) is 7.38. The van der Waals surface area contributed by atoms with Crippen molar-refractivity contribution in [2.45, 2.75) is 0 Å². The van der Waals surface area contributed by atoms with Gasteiger partial charge in [0.1, 0.15) is 11.3 Å². The Bertz CT molecular complexity index is 840. The lowest BCUT2D eigenvalue weighted by molar-refractivity contribution is 0.313. The van der Waals surface area contributed by atoms with Crippen molar-refractivity contribution in [3.8, 4) is 17.1 Å². The summed E-state index contributed by atoms with van der Waals surface area (Å²) >= 11 is 0.